The first-order valence-corrected chi connectivity index (χ1v) is 5.39. The van der Waals surface area contributed by atoms with Crippen LogP contribution in [0.3, 0.4) is 0 Å². The summed E-state index contributed by atoms with van der Waals surface area (Å²) in [6.07, 6.45) is 0. The van der Waals surface area contributed by atoms with E-state index in [0.717, 1.165) is 0 Å². The fourth-order valence-corrected chi connectivity index (χ4v) is 1.35. The number of nitrogens with one attached hydrogen (secondary N) is 1. The zero-order chi connectivity index (χ0) is 12.7. The lowest BCUT2D eigenvalue weighted by molar-refractivity contribution is 0.0955. The largest absolute Gasteiger partial charge is 0.491 e. The Hall–Kier alpha value is -2.15. The lowest BCUT2D eigenvalue weighted by atomic mass is 10.1. The van der Waals surface area contributed by atoms with Gasteiger partial charge in [-0.2, -0.15) is 0 Å². The number of carbonyl (C=O) groups is 1. The van der Waals surface area contributed by atoms with Crippen molar-refractivity contribution in [3.8, 4) is 17.6 Å². The average molecular weight is 232 g/mol. The van der Waals surface area contributed by atoms with Crippen molar-refractivity contribution in [2.45, 2.75) is 13.8 Å². The van der Waals surface area contributed by atoms with Gasteiger partial charge in [0.2, 0.25) is 0 Å². The predicted octanol–water partition coefficient (Wildman–Crippen LogP) is 1.42. The number of nitrogen functional groups attached to an aromatic ring is 1. The Balaban J connectivity index is 2.90. The molecule has 4 nitrogen and oxygen atoms in total. The van der Waals surface area contributed by atoms with Gasteiger partial charge in [0.1, 0.15) is 0 Å². The van der Waals surface area contributed by atoms with Gasteiger partial charge in [0.05, 0.1) is 24.4 Å². The maximum absolute atomic E-state index is 11.9. The van der Waals surface area contributed by atoms with E-state index in [2.05, 4.69) is 17.2 Å². The molecule has 0 radical (unpaired) electrons. The van der Waals surface area contributed by atoms with Crippen LogP contribution in [0.5, 0.6) is 5.75 Å². The summed E-state index contributed by atoms with van der Waals surface area (Å²) < 4.78 is 5.37. The van der Waals surface area contributed by atoms with Gasteiger partial charge in [0.15, 0.2) is 5.75 Å². The van der Waals surface area contributed by atoms with Crippen LogP contribution >= 0.6 is 0 Å². The van der Waals surface area contributed by atoms with E-state index in [1.807, 2.05) is 6.92 Å². The van der Waals surface area contributed by atoms with Crippen molar-refractivity contribution in [1.82, 2.24) is 5.32 Å². The molecule has 0 fully saturated rings. The van der Waals surface area contributed by atoms with Crippen molar-refractivity contribution in [1.29, 1.82) is 0 Å². The van der Waals surface area contributed by atoms with Gasteiger partial charge in [-0.25, -0.2) is 0 Å². The van der Waals surface area contributed by atoms with Gasteiger partial charge in [0, 0.05) is 0 Å². The van der Waals surface area contributed by atoms with Crippen molar-refractivity contribution < 1.29 is 9.53 Å². The highest BCUT2D eigenvalue weighted by Crippen LogP contribution is 2.26. The molecule has 0 saturated heterocycles. The van der Waals surface area contributed by atoms with E-state index in [4.69, 9.17) is 10.5 Å². The highest BCUT2D eigenvalue weighted by molar-refractivity contribution is 5.98. The Morgan fingerprint density at radius 3 is 2.94 bits per heavy atom. The Bertz CT molecular complexity index is 458. The summed E-state index contributed by atoms with van der Waals surface area (Å²) in [7, 11) is 0. The van der Waals surface area contributed by atoms with E-state index in [9.17, 15) is 4.79 Å². The molecule has 1 rings (SSSR count). The van der Waals surface area contributed by atoms with Gasteiger partial charge in [-0.15, -0.1) is 5.92 Å². The molecule has 4 heteroatoms. The number of rotatable bonds is 4. The van der Waals surface area contributed by atoms with E-state index in [-0.39, 0.29) is 5.91 Å². The summed E-state index contributed by atoms with van der Waals surface area (Å²) in [6, 6.07) is 5.10. The van der Waals surface area contributed by atoms with Crippen LogP contribution in [0.1, 0.15) is 24.2 Å². The molecule has 0 saturated carbocycles. The van der Waals surface area contributed by atoms with Crippen LogP contribution < -0.4 is 15.8 Å². The van der Waals surface area contributed by atoms with Crippen molar-refractivity contribution in [2.75, 3.05) is 18.9 Å². The molecular formula is C13H16N2O2. The SMILES string of the molecule is CC#CCNC(=O)c1cccc(N)c1OCC. The Labute approximate surface area is 101 Å². The Kier molecular flexibility index (Phi) is 4.89. The summed E-state index contributed by atoms with van der Waals surface area (Å²) in [5, 5.41) is 2.68. The third kappa shape index (κ3) is 3.42. The topological polar surface area (TPSA) is 64.4 Å². The maximum atomic E-state index is 11.9. The van der Waals surface area contributed by atoms with Crippen molar-refractivity contribution in [3.63, 3.8) is 0 Å². The number of para-hydroxylation sites is 1. The Morgan fingerprint density at radius 2 is 2.29 bits per heavy atom. The molecule has 1 aromatic rings. The molecule has 17 heavy (non-hydrogen) atoms. The summed E-state index contributed by atoms with van der Waals surface area (Å²) in [5.41, 5.74) is 6.66. The first-order chi connectivity index (χ1) is 8.20. The molecule has 0 heterocycles. The number of anilines is 1. The number of amides is 1. The molecular weight excluding hydrogens is 216 g/mol. The van der Waals surface area contributed by atoms with Crippen LogP contribution in [-0.2, 0) is 0 Å². The van der Waals surface area contributed by atoms with Crippen LogP contribution in [0.4, 0.5) is 5.69 Å². The normalized spacial score (nSPS) is 9.06. The first-order valence-electron chi connectivity index (χ1n) is 5.39. The van der Waals surface area contributed by atoms with E-state index < -0.39 is 0 Å². The predicted molar refractivity (Wildman–Crippen MR) is 67.8 cm³/mol. The highest BCUT2D eigenvalue weighted by Gasteiger charge is 2.13. The van der Waals surface area contributed by atoms with Crippen LogP contribution in [0.25, 0.3) is 0 Å². The third-order valence-corrected chi connectivity index (χ3v) is 2.09. The molecule has 90 valence electrons. The lowest BCUT2D eigenvalue weighted by Gasteiger charge is -2.11. The second kappa shape index (κ2) is 6.44. The minimum absolute atomic E-state index is 0.233. The second-order valence-corrected chi connectivity index (χ2v) is 3.27. The van der Waals surface area contributed by atoms with Gasteiger partial charge < -0.3 is 15.8 Å². The monoisotopic (exact) mass is 232 g/mol. The molecule has 0 unspecified atom stereocenters. The minimum atomic E-state index is -0.233. The van der Waals surface area contributed by atoms with Gasteiger partial charge in [0.25, 0.3) is 5.91 Å². The molecule has 0 aliphatic carbocycles. The smallest absolute Gasteiger partial charge is 0.255 e. The van der Waals surface area contributed by atoms with E-state index >= 15 is 0 Å². The molecule has 0 aliphatic rings. The van der Waals surface area contributed by atoms with E-state index in [0.29, 0.717) is 30.2 Å². The zero-order valence-corrected chi connectivity index (χ0v) is 10.0. The van der Waals surface area contributed by atoms with Gasteiger partial charge in [-0.05, 0) is 26.0 Å². The summed E-state index contributed by atoms with van der Waals surface area (Å²) in [5.74, 6) is 5.66. The Morgan fingerprint density at radius 1 is 1.53 bits per heavy atom. The number of nitrogens with two attached hydrogens (primary N) is 1. The number of benzene rings is 1. The second-order valence-electron chi connectivity index (χ2n) is 3.27. The summed E-state index contributed by atoms with van der Waals surface area (Å²) in [6.45, 7) is 4.34. The number of ether oxygens (including phenoxy) is 1. The third-order valence-electron chi connectivity index (χ3n) is 2.09. The van der Waals surface area contributed by atoms with Crippen molar-refractivity contribution >= 4 is 11.6 Å². The molecule has 0 atom stereocenters. The van der Waals surface area contributed by atoms with Crippen LogP contribution in [0.15, 0.2) is 18.2 Å². The van der Waals surface area contributed by atoms with E-state index in [1.165, 1.54) is 0 Å². The quantitative estimate of drug-likeness (QED) is 0.609. The van der Waals surface area contributed by atoms with Gasteiger partial charge in [-0.3, -0.25) is 4.79 Å². The summed E-state index contributed by atoms with van der Waals surface area (Å²) >= 11 is 0. The number of carbonyl (C=O) groups excluding carboxylic acids is 1. The van der Waals surface area contributed by atoms with Crippen molar-refractivity contribution in [2.24, 2.45) is 0 Å². The number of hydrogen-bond donors (Lipinski definition) is 2. The standard InChI is InChI=1S/C13H16N2O2/c1-3-5-9-15-13(16)10-7-6-8-11(14)12(10)17-4-2/h6-8H,4,9,14H2,1-2H3,(H,15,16). The fourth-order valence-electron chi connectivity index (χ4n) is 1.35. The minimum Gasteiger partial charge on any atom is -0.491 e. The lowest BCUT2D eigenvalue weighted by Crippen LogP contribution is -2.24. The van der Waals surface area contributed by atoms with Crippen LogP contribution in [-0.4, -0.2) is 19.1 Å². The molecule has 0 aliphatic heterocycles. The van der Waals surface area contributed by atoms with Crippen LogP contribution in [0.2, 0.25) is 0 Å². The van der Waals surface area contributed by atoms with Gasteiger partial charge >= 0.3 is 0 Å². The van der Waals surface area contributed by atoms with Gasteiger partial charge in [-0.1, -0.05) is 12.0 Å². The molecule has 0 bridgehead atoms. The molecule has 0 aromatic heterocycles. The molecule has 3 N–H and O–H groups in total. The average Bonchev–Trinajstić information content (AvgIpc) is 2.32. The van der Waals surface area contributed by atoms with Crippen LogP contribution in [0, 0.1) is 11.8 Å². The molecule has 1 aromatic carbocycles. The number of hydrogen-bond acceptors (Lipinski definition) is 3. The highest BCUT2D eigenvalue weighted by atomic mass is 16.5. The van der Waals surface area contributed by atoms with Crippen molar-refractivity contribution in [3.05, 3.63) is 23.8 Å². The summed E-state index contributed by atoms with van der Waals surface area (Å²) in [4.78, 5) is 11.9. The zero-order valence-electron chi connectivity index (χ0n) is 10.0. The molecule has 1 amide bonds. The molecule has 0 spiro atoms. The van der Waals surface area contributed by atoms with E-state index in [1.54, 1.807) is 25.1 Å². The fraction of sp³-hybridized carbons (Fsp3) is 0.308. The maximum Gasteiger partial charge on any atom is 0.255 e. The first kappa shape index (κ1) is 12.9.